The molecule has 1 amide bonds. The number of amides is 1. The maximum absolute atomic E-state index is 11.4. The minimum absolute atomic E-state index is 0.00394. The summed E-state index contributed by atoms with van der Waals surface area (Å²) < 4.78 is 0. The molecule has 0 aromatic carbocycles. The quantitative estimate of drug-likeness (QED) is 0.596. The molecular formula is C9H18N2O. The van der Waals surface area contributed by atoms with Gasteiger partial charge in [-0.2, -0.15) is 0 Å². The van der Waals surface area contributed by atoms with Crippen LogP contribution >= 0.6 is 0 Å². The first kappa shape index (κ1) is 11.2. The van der Waals surface area contributed by atoms with Gasteiger partial charge in [-0.15, -0.1) is 6.58 Å². The standard InChI is InChI=1S/C9H18N2O/c1-5-7-10-8(12)9(3,4)11-6-2/h5,11H,1,6-7H2,2-4H3,(H,10,12). The smallest absolute Gasteiger partial charge is 0.239 e. The Labute approximate surface area is 74.2 Å². The minimum Gasteiger partial charge on any atom is -0.351 e. The molecule has 0 aromatic heterocycles. The lowest BCUT2D eigenvalue weighted by molar-refractivity contribution is -0.126. The van der Waals surface area contributed by atoms with Crippen molar-refractivity contribution in [3.63, 3.8) is 0 Å². The lowest BCUT2D eigenvalue weighted by Gasteiger charge is -2.23. The van der Waals surface area contributed by atoms with Gasteiger partial charge in [0.2, 0.25) is 5.91 Å². The van der Waals surface area contributed by atoms with Crippen molar-refractivity contribution < 1.29 is 4.79 Å². The zero-order valence-electron chi connectivity index (χ0n) is 8.11. The molecule has 70 valence electrons. The Morgan fingerprint density at radius 1 is 1.58 bits per heavy atom. The SMILES string of the molecule is C=CCNC(=O)C(C)(C)NCC. The highest BCUT2D eigenvalue weighted by atomic mass is 16.2. The molecule has 12 heavy (non-hydrogen) atoms. The summed E-state index contributed by atoms with van der Waals surface area (Å²) in [7, 11) is 0. The molecule has 0 unspecified atom stereocenters. The first-order valence-corrected chi connectivity index (χ1v) is 4.18. The maximum atomic E-state index is 11.4. The molecule has 0 aromatic rings. The second-order valence-corrected chi connectivity index (χ2v) is 3.15. The van der Waals surface area contributed by atoms with Gasteiger partial charge < -0.3 is 10.6 Å². The Morgan fingerprint density at radius 2 is 2.17 bits per heavy atom. The van der Waals surface area contributed by atoms with Crippen molar-refractivity contribution in [3.8, 4) is 0 Å². The fourth-order valence-electron chi connectivity index (χ4n) is 0.908. The third-order valence-electron chi connectivity index (χ3n) is 1.59. The second-order valence-electron chi connectivity index (χ2n) is 3.15. The molecule has 0 saturated carbocycles. The first-order chi connectivity index (χ1) is 5.54. The molecule has 0 aliphatic heterocycles. The fraction of sp³-hybridized carbons (Fsp3) is 0.667. The zero-order valence-corrected chi connectivity index (χ0v) is 8.11. The topological polar surface area (TPSA) is 41.1 Å². The summed E-state index contributed by atoms with van der Waals surface area (Å²) in [6.45, 7) is 10.5. The highest BCUT2D eigenvalue weighted by molar-refractivity contribution is 5.85. The van der Waals surface area contributed by atoms with Gasteiger partial charge in [-0.05, 0) is 20.4 Å². The van der Waals surface area contributed by atoms with Crippen molar-refractivity contribution in [2.75, 3.05) is 13.1 Å². The van der Waals surface area contributed by atoms with Crippen LogP contribution in [0.1, 0.15) is 20.8 Å². The lowest BCUT2D eigenvalue weighted by atomic mass is 10.0. The number of rotatable bonds is 5. The highest BCUT2D eigenvalue weighted by Gasteiger charge is 2.24. The van der Waals surface area contributed by atoms with E-state index in [1.54, 1.807) is 6.08 Å². The van der Waals surface area contributed by atoms with Crippen molar-refractivity contribution in [1.82, 2.24) is 10.6 Å². The van der Waals surface area contributed by atoms with E-state index < -0.39 is 5.54 Å². The number of hydrogen-bond donors (Lipinski definition) is 2. The molecule has 0 aliphatic rings. The van der Waals surface area contributed by atoms with Crippen molar-refractivity contribution in [2.45, 2.75) is 26.3 Å². The monoisotopic (exact) mass is 170 g/mol. The number of carbonyl (C=O) groups is 1. The first-order valence-electron chi connectivity index (χ1n) is 4.18. The van der Waals surface area contributed by atoms with E-state index in [2.05, 4.69) is 17.2 Å². The number of likely N-dealkylation sites (N-methyl/N-ethyl adjacent to an activating group) is 1. The number of hydrogen-bond acceptors (Lipinski definition) is 2. The number of nitrogens with one attached hydrogen (secondary N) is 2. The fourth-order valence-corrected chi connectivity index (χ4v) is 0.908. The molecule has 0 fully saturated rings. The summed E-state index contributed by atoms with van der Waals surface area (Å²) in [6.07, 6.45) is 1.67. The van der Waals surface area contributed by atoms with Crippen LogP contribution in [0.2, 0.25) is 0 Å². The van der Waals surface area contributed by atoms with Gasteiger partial charge in [0.1, 0.15) is 0 Å². The Hall–Kier alpha value is -0.830. The molecule has 0 rings (SSSR count). The maximum Gasteiger partial charge on any atom is 0.239 e. The van der Waals surface area contributed by atoms with Gasteiger partial charge in [-0.3, -0.25) is 4.79 Å². The van der Waals surface area contributed by atoms with E-state index in [4.69, 9.17) is 0 Å². The predicted octanol–water partition coefficient (Wildman–Crippen LogP) is 0.677. The molecule has 0 radical (unpaired) electrons. The van der Waals surface area contributed by atoms with E-state index in [0.717, 1.165) is 6.54 Å². The molecule has 3 heteroatoms. The van der Waals surface area contributed by atoms with Gasteiger partial charge in [0.05, 0.1) is 5.54 Å². The summed E-state index contributed by atoms with van der Waals surface area (Å²) >= 11 is 0. The van der Waals surface area contributed by atoms with Crippen LogP contribution < -0.4 is 10.6 Å². The van der Waals surface area contributed by atoms with Gasteiger partial charge in [0, 0.05) is 6.54 Å². The average molecular weight is 170 g/mol. The van der Waals surface area contributed by atoms with Crippen molar-refractivity contribution in [2.24, 2.45) is 0 Å². The third kappa shape index (κ3) is 3.53. The summed E-state index contributed by atoms with van der Waals surface area (Å²) in [5.41, 5.74) is -0.488. The van der Waals surface area contributed by atoms with E-state index in [1.165, 1.54) is 0 Å². The second kappa shape index (κ2) is 4.93. The van der Waals surface area contributed by atoms with Crippen LogP contribution in [0.4, 0.5) is 0 Å². The Bertz CT molecular complexity index is 164. The predicted molar refractivity (Wildman–Crippen MR) is 51.0 cm³/mol. The van der Waals surface area contributed by atoms with Crippen molar-refractivity contribution in [3.05, 3.63) is 12.7 Å². The van der Waals surface area contributed by atoms with Crippen LogP contribution in [0.15, 0.2) is 12.7 Å². The molecule has 0 bridgehead atoms. The Kier molecular flexibility index (Phi) is 4.59. The van der Waals surface area contributed by atoms with Gasteiger partial charge in [-0.1, -0.05) is 13.0 Å². The number of carbonyl (C=O) groups excluding carboxylic acids is 1. The van der Waals surface area contributed by atoms with Crippen LogP contribution in [-0.4, -0.2) is 24.5 Å². The van der Waals surface area contributed by atoms with Gasteiger partial charge in [0.25, 0.3) is 0 Å². The normalized spacial score (nSPS) is 10.9. The van der Waals surface area contributed by atoms with Crippen LogP contribution in [0.3, 0.4) is 0 Å². The molecule has 0 saturated heterocycles. The summed E-state index contributed by atoms with van der Waals surface area (Å²) in [4.78, 5) is 11.4. The van der Waals surface area contributed by atoms with Gasteiger partial charge in [0.15, 0.2) is 0 Å². The van der Waals surface area contributed by atoms with E-state index in [-0.39, 0.29) is 5.91 Å². The lowest BCUT2D eigenvalue weighted by Crippen LogP contribution is -2.52. The van der Waals surface area contributed by atoms with Gasteiger partial charge in [-0.25, -0.2) is 0 Å². The molecular weight excluding hydrogens is 152 g/mol. The largest absolute Gasteiger partial charge is 0.351 e. The zero-order chi connectivity index (χ0) is 9.61. The third-order valence-corrected chi connectivity index (χ3v) is 1.59. The van der Waals surface area contributed by atoms with E-state index in [1.807, 2.05) is 20.8 Å². The van der Waals surface area contributed by atoms with Crippen molar-refractivity contribution >= 4 is 5.91 Å². The van der Waals surface area contributed by atoms with Crippen LogP contribution in [0.25, 0.3) is 0 Å². The van der Waals surface area contributed by atoms with E-state index in [9.17, 15) is 4.79 Å². The molecule has 0 heterocycles. The summed E-state index contributed by atoms with van der Waals surface area (Å²) in [5.74, 6) is 0.00394. The molecule has 2 N–H and O–H groups in total. The van der Waals surface area contributed by atoms with Crippen LogP contribution in [0, 0.1) is 0 Å². The molecule has 0 atom stereocenters. The van der Waals surface area contributed by atoms with Crippen molar-refractivity contribution in [1.29, 1.82) is 0 Å². The Balaban J connectivity index is 3.96. The minimum atomic E-state index is -0.488. The van der Waals surface area contributed by atoms with Crippen LogP contribution in [-0.2, 0) is 4.79 Å². The highest BCUT2D eigenvalue weighted by Crippen LogP contribution is 2.00. The Morgan fingerprint density at radius 3 is 2.58 bits per heavy atom. The van der Waals surface area contributed by atoms with Crippen LogP contribution in [0.5, 0.6) is 0 Å². The van der Waals surface area contributed by atoms with E-state index >= 15 is 0 Å². The van der Waals surface area contributed by atoms with E-state index in [0.29, 0.717) is 6.54 Å². The van der Waals surface area contributed by atoms with Gasteiger partial charge >= 0.3 is 0 Å². The summed E-state index contributed by atoms with van der Waals surface area (Å²) in [5, 5.41) is 5.82. The summed E-state index contributed by atoms with van der Waals surface area (Å²) in [6, 6.07) is 0. The molecule has 0 aliphatic carbocycles. The average Bonchev–Trinajstić information content (AvgIpc) is 2.00. The molecule has 3 nitrogen and oxygen atoms in total. The molecule has 0 spiro atoms.